The second-order valence-corrected chi connectivity index (χ2v) is 3.83. The second-order valence-electron chi connectivity index (χ2n) is 2.92. The van der Waals surface area contributed by atoms with E-state index in [2.05, 4.69) is 15.9 Å². The van der Waals surface area contributed by atoms with Crippen molar-refractivity contribution in [1.82, 2.24) is 10.9 Å². The monoisotopic (exact) mass is 310 g/mol. The smallest absolute Gasteiger partial charge is 0.267 e. The Morgan fingerprint density at radius 3 is 2.35 bits per heavy atom. The minimum atomic E-state index is -5.04. The molecule has 0 heterocycles. The van der Waals surface area contributed by atoms with Crippen molar-refractivity contribution in [2.75, 3.05) is 0 Å². The van der Waals surface area contributed by atoms with Crippen LogP contribution in [0, 0.1) is 0 Å². The van der Waals surface area contributed by atoms with Crippen LogP contribution in [0.3, 0.4) is 0 Å². The molecule has 92 valence electrons. The maximum Gasteiger partial charge on any atom is 0.472 e. The molecular formula is C9H6BrF3N2O2. The molecular weight excluding hydrogens is 305 g/mol. The Kier molecular flexibility index (Phi) is 4.11. The fourth-order valence-electron chi connectivity index (χ4n) is 0.886. The van der Waals surface area contributed by atoms with E-state index in [0.717, 1.165) is 0 Å². The molecule has 0 unspecified atom stereocenters. The zero-order valence-electron chi connectivity index (χ0n) is 8.14. The Morgan fingerprint density at radius 1 is 1.18 bits per heavy atom. The van der Waals surface area contributed by atoms with Crippen LogP contribution in [0.5, 0.6) is 0 Å². The molecule has 8 heteroatoms. The first-order valence-electron chi connectivity index (χ1n) is 4.24. The summed E-state index contributed by atoms with van der Waals surface area (Å²) < 4.78 is 36.0. The largest absolute Gasteiger partial charge is 0.472 e. The van der Waals surface area contributed by atoms with E-state index < -0.39 is 18.0 Å². The molecule has 0 radical (unpaired) electrons. The molecule has 2 N–H and O–H groups in total. The maximum absolute atomic E-state index is 11.8. The quantitative estimate of drug-likeness (QED) is 0.777. The molecule has 0 bridgehead atoms. The highest BCUT2D eigenvalue weighted by molar-refractivity contribution is 9.10. The van der Waals surface area contributed by atoms with E-state index in [0.29, 0.717) is 4.47 Å². The zero-order chi connectivity index (χ0) is 13.1. The topological polar surface area (TPSA) is 58.2 Å². The number of carbonyl (C=O) groups is 2. The minimum Gasteiger partial charge on any atom is -0.267 e. The second kappa shape index (κ2) is 5.17. The van der Waals surface area contributed by atoms with Crippen molar-refractivity contribution in [2.45, 2.75) is 6.18 Å². The van der Waals surface area contributed by atoms with Crippen molar-refractivity contribution in [3.05, 3.63) is 34.3 Å². The van der Waals surface area contributed by atoms with Gasteiger partial charge in [-0.05, 0) is 18.2 Å². The lowest BCUT2D eigenvalue weighted by atomic mass is 10.2. The summed E-state index contributed by atoms with van der Waals surface area (Å²) in [6.45, 7) is 0. The Labute approximate surface area is 102 Å². The first-order chi connectivity index (χ1) is 7.80. The molecule has 4 nitrogen and oxygen atoms in total. The summed E-state index contributed by atoms with van der Waals surface area (Å²) in [6.07, 6.45) is -5.04. The van der Waals surface area contributed by atoms with Crippen molar-refractivity contribution < 1.29 is 22.8 Å². The predicted molar refractivity (Wildman–Crippen MR) is 55.8 cm³/mol. The predicted octanol–water partition coefficient (Wildman–Crippen LogP) is 1.77. The van der Waals surface area contributed by atoms with Gasteiger partial charge in [-0.15, -0.1) is 0 Å². The first kappa shape index (κ1) is 13.5. The van der Waals surface area contributed by atoms with Crippen molar-refractivity contribution >= 4 is 27.7 Å². The van der Waals surface area contributed by atoms with Crippen LogP contribution in [0.1, 0.15) is 10.4 Å². The Hall–Kier alpha value is -1.57. The summed E-state index contributed by atoms with van der Waals surface area (Å²) in [6, 6.07) is 5.96. The van der Waals surface area contributed by atoms with Crippen molar-refractivity contribution in [3.63, 3.8) is 0 Å². The SMILES string of the molecule is O=C(NNC(=O)C(F)(F)F)c1cccc(Br)c1. The zero-order valence-corrected chi connectivity index (χ0v) is 9.72. The van der Waals surface area contributed by atoms with Crippen LogP contribution in [0.2, 0.25) is 0 Å². The molecule has 1 aromatic carbocycles. The fourth-order valence-corrected chi connectivity index (χ4v) is 1.29. The van der Waals surface area contributed by atoms with Crippen LogP contribution in [-0.2, 0) is 4.79 Å². The minimum absolute atomic E-state index is 0.113. The van der Waals surface area contributed by atoms with Gasteiger partial charge in [0.2, 0.25) is 0 Å². The Balaban J connectivity index is 2.60. The fraction of sp³-hybridized carbons (Fsp3) is 0.111. The van der Waals surface area contributed by atoms with Crippen LogP contribution >= 0.6 is 15.9 Å². The van der Waals surface area contributed by atoms with E-state index in [1.807, 2.05) is 0 Å². The maximum atomic E-state index is 11.8. The van der Waals surface area contributed by atoms with E-state index in [1.165, 1.54) is 23.6 Å². The number of hydrazine groups is 1. The van der Waals surface area contributed by atoms with Gasteiger partial charge in [-0.1, -0.05) is 22.0 Å². The normalized spacial score (nSPS) is 10.8. The summed E-state index contributed by atoms with van der Waals surface area (Å²) in [4.78, 5) is 21.7. The number of nitrogens with one attached hydrogen (secondary N) is 2. The van der Waals surface area contributed by atoms with Gasteiger partial charge in [-0.3, -0.25) is 20.4 Å². The van der Waals surface area contributed by atoms with Gasteiger partial charge in [0.25, 0.3) is 5.91 Å². The third-order valence-electron chi connectivity index (χ3n) is 1.63. The molecule has 2 amide bonds. The highest BCUT2D eigenvalue weighted by Gasteiger charge is 2.38. The van der Waals surface area contributed by atoms with Gasteiger partial charge >= 0.3 is 12.1 Å². The van der Waals surface area contributed by atoms with Crippen LogP contribution in [0.4, 0.5) is 13.2 Å². The number of halogens is 4. The number of benzene rings is 1. The van der Waals surface area contributed by atoms with E-state index in [9.17, 15) is 22.8 Å². The molecule has 0 saturated carbocycles. The highest BCUT2D eigenvalue weighted by Crippen LogP contribution is 2.14. The van der Waals surface area contributed by atoms with Crippen molar-refractivity contribution in [2.24, 2.45) is 0 Å². The molecule has 0 aliphatic heterocycles. The summed E-state index contributed by atoms with van der Waals surface area (Å²) in [5.41, 5.74) is 3.03. The standard InChI is InChI=1S/C9H6BrF3N2O2/c10-6-3-1-2-5(4-6)7(16)14-15-8(17)9(11,12)13/h1-4H,(H,14,16)(H,15,17). The summed E-state index contributed by atoms with van der Waals surface area (Å²) in [5, 5.41) is 0. The summed E-state index contributed by atoms with van der Waals surface area (Å²) in [5.74, 6) is -3.08. The number of amides is 2. The van der Waals surface area contributed by atoms with Gasteiger partial charge in [0, 0.05) is 10.0 Å². The molecule has 0 spiro atoms. The van der Waals surface area contributed by atoms with Crippen LogP contribution in [-0.4, -0.2) is 18.0 Å². The average Bonchev–Trinajstić information content (AvgIpc) is 2.24. The van der Waals surface area contributed by atoms with Crippen molar-refractivity contribution in [3.8, 4) is 0 Å². The highest BCUT2D eigenvalue weighted by atomic mass is 79.9. The lowest BCUT2D eigenvalue weighted by Gasteiger charge is -2.09. The van der Waals surface area contributed by atoms with Crippen LogP contribution in [0.15, 0.2) is 28.7 Å². The van der Waals surface area contributed by atoms with Gasteiger partial charge < -0.3 is 0 Å². The molecule has 0 aliphatic rings. The van der Waals surface area contributed by atoms with Crippen LogP contribution in [0.25, 0.3) is 0 Å². The third kappa shape index (κ3) is 4.06. The molecule has 0 aliphatic carbocycles. The number of rotatable bonds is 1. The van der Waals surface area contributed by atoms with E-state index in [4.69, 9.17) is 0 Å². The van der Waals surface area contributed by atoms with E-state index in [-0.39, 0.29) is 5.56 Å². The Morgan fingerprint density at radius 2 is 1.82 bits per heavy atom. The number of carbonyl (C=O) groups excluding carboxylic acids is 2. The Bertz CT molecular complexity index is 448. The van der Waals surface area contributed by atoms with E-state index in [1.54, 1.807) is 11.5 Å². The molecule has 1 rings (SSSR count). The first-order valence-corrected chi connectivity index (χ1v) is 5.03. The van der Waals surface area contributed by atoms with Crippen molar-refractivity contribution in [1.29, 1.82) is 0 Å². The lowest BCUT2D eigenvalue weighted by molar-refractivity contribution is -0.174. The number of hydrogen-bond donors (Lipinski definition) is 2. The molecule has 0 fully saturated rings. The summed E-state index contributed by atoms with van der Waals surface area (Å²) in [7, 11) is 0. The molecule has 0 atom stereocenters. The molecule has 0 aromatic heterocycles. The van der Waals surface area contributed by atoms with Gasteiger partial charge in [0.1, 0.15) is 0 Å². The van der Waals surface area contributed by atoms with Crippen LogP contribution < -0.4 is 10.9 Å². The lowest BCUT2D eigenvalue weighted by Crippen LogP contribution is -2.47. The van der Waals surface area contributed by atoms with Gasteiger partial charge in [0.15, 0.2) is 0 Å². The van der Waals surface area contributed by atoms with Gasteiger partial charge in [0.05, 0.1) is 0 Å². The van der Waals surface area contributed by atoms with E-state index >= 15 is 0 Å². The summed E-state index contributed by atoms with van der Waals surface area (Å²) >= 11 is 3.09. The molecule has 0 saturated heterocycles. The van der Waals surface area contributed by atoms with Gasteiger partial charge in [-0.25, -0.2) is 0 Å². The number of hydrogen-bond acceptors (Lipinski definition) is 2. The van der Waals surface area contributed by atoms with Gasteiger partial charge in [-0.2, -0.15) is 13.2 Å². The third-order valence-corrected chi connectivity index (χ3v) is 2.13. The molecule has 1 aromatic rings. The molecule has 17 heavy (non-hydrogen) atoms. The average molecular weight is 311 g/mol. The number of alkyl halides is 3.